The third-order valence-corrected chi connectivity index (χ3v) is 5.29. The van der Waals surface area contributed by atoms with Gasteiger partial charge in [0, 0.05) is 28.5 Å². The Bertz CT molecular complexity index is 845. The molecule has 25 heavy (non-hydrogen) atoms. The lowest BCUT2D eigenvalue weighted by atomic mass is 10.1. The molecule has 0 aliphatic heterocycles. The van der Waals surface area contributed by atoms with Crippen molar-refractivity contribution in [1.29, 1.82) is 0 Å². The summed E-state index contributed by atoms with van der Waals surface area (Å²) >= 11 is 4.99. The molecule has 2 aromatic carbocycles. The second kappa shape index (κ2) is 8.61. The second-order valence-electron chi connectivity index (χ2n) is 5.95. The van der Waals surface area contributed by atoms with Gasteiger partial charge in [0.15, 0.2) is 0 Å². The maximum atomic E-state index is 5.89. The summed E-state index contributed by atoms with van der Waals surface area (Å²) in [5.74, 6) is 0.907. The molecule has 0 aliphatic carbocycles. The molecule has 3 rings (SSSR count). The summed E-state index contributed by atoms with van der Waals surface area (Å²) in [7, 11) is 2.09. The Labute approximate surface area is 161 Å². The van der Waals surface area contributed by atoms with Gasteiger partial charge in [0.05, 0.1) is 17.0 Å². The predicted molar refractivity (Wildman–Crippen MR) is 111 cm³/mol. The van der Waals surface area contributed by atoms with Crippen molar-refractivity contribution in [2.75, 3.05) is 26.7 Å². The van der Waals surface area contributed by atoms with Crippen LogP contribution in [0.2, 0.25) is 0 Å². The molecule has 3 aromatic rings. The molecule has 130 valence electrons. The number of hydrogen-bond acceptors (Lipinski definition) is 4. The van der Waals surface area contributed by atoms with Gasteiger partial charge >= 0.3 is 0 Å². The quantitative estimate of drug-likeness (QED) is 0.352. The maximum Gasteiger partial charge on any atom is 0.120 e. The highest BCUT2D eigenvalue weighted by atomic mass is 79.9. The topological polar surface area (TPSA) is 25.4 Å². The predicted octanol–water partition coefficient (Wildman–Crippen LogP) is 5.61. The molecule has 0 unspecified atom stereocenters. The van der Waals surface area contributed by atoms with Crippen molar-refractivity contribution in [2.45, 2.75) is 6.42 Å². The SMILES string of the molecule is C=CCN(C)CCCOc1ccc2c(-c3ccc(Br)cc3)nsc2c1. The van der Waals surface area contributed by atoms with Gasteiger partial charge in [0.2, 0.25) is 0 Å². The van der Waals surface area contributed by atoms with Gasteiger partial charge in [0.1, 0.15) is 5.75 Å². The Morgan fingerprint density at radius 2 is 2.04 bits per heavy atom. The molecule has 5 heteroatoms. The fourth-order valence-electron chi connectivity index (χ4n) is 2.66. The van der Waals surface area contributed by atoms with Gasteiger partial charge in [-0.25, -0.2) is 0 Å². The summed E-state index contributed by atoms with van der Waals surface area (Å²) in [5, 5.41) is 1.17. The van der Waals surface area contributed by atoms with Crippen molar-refractivity contribution in [3.8, 4) is 17.0 Å². The van der Waals surface area contributed by atoms with E-state index in [4.69, 9.17) is 4.74 Å². The molecule has 0 saturated heterocycles. The van der Waals surface area contributed by atoms with E-state index in [9.17, 15) is 0 Å². The number of nitrogens with zero attached hydrogens (tertiary/aromatic N) is 2. The minimum Gasteiger partial charge on any atom is -0.493 e. The zero-order valence-electron chi connectivity index (χ0n) is 14.2. The lowest BCUT2D eigenvalue weighted by Gasteiger charge is -2.14. The van der Waals surface area contributed by atoms with Crippen LogP contribution in [0.15, 0.2) is 59.6 Å². The van der Waals surface area contributed by atoms with Gasteiger partial charge in [-0.3, -0.25) is 0 Å². The molecule has 3 nitrogen and oxygen atoms in total. The van der Waals surface area contributed by atoms with Crippen LogP contribution in [0.1, 0.15) is 6.42 Å². The van der Waals surface area contributed by atoms with Crippen LogP contribution in [0.3, 0.4) is 0 Å². The molecular weight excluding hydrogens is 396 g/mol. The number of aromatic nitrogens is 1. The Morgan fingerprint density at radius 3 is 2.80 bits per heavy atom. The van der Waals surface area contributed by atoms with E-state index in [0.29, 0.717) is 6.61 Å². The summed E-state index contributed by atoms with van der Waals surface area (Å²) < 4.78 is 12.8. The standard InChI is InChI=1S/C20H21BrN2OS/c1-3-11-23(2)12-4-13-24-17-9-10-18-19(14-17)25-22-20(18)15-5-7-16(21)8-6-15/h3,5-10,14H,1,4,11-13H2,2H3. The van der Waals surface area contributed by atoms with E-state index in [-0.39, 0.29) is 0 Å². The van der Waals surface area contributed by atoms with Crippen LogP contribution in [-0.2, 0) is 0 Å². The van der Waals surface area contributed by atoms with Crippen LogP contribution in [0.5, 0.6) is 5.75 Å². The van der Waals surface area contributed by atoms with Crippen molar-refractivity contribution in [3.63, 3.8) is 0 Å². The first-order valence-corrected chi connectivity index (χ1v) is 9.81. The molecule has 0 aliphatic rings. The van der Waals surface area contributed by atoms with Gasteiger partial charge in [-0.05, 0) is 55.3 Å². The Balaban J connectivity index is 1.65. The maximum absolute atomic E-state index is 5.89. The molecule has 0 atom stereocenters. The molecule has 0 radical (unpaired) electrons. The third-order valence-electron chi connectivity index (χ3n) is 3.95. The Hall–Kier alpha value is -1.69. The molecule has 0 saturated carbocycles. The molecule has 0 spiro atoms. The number of likely N-dealkylation sites (N-methyl/N-ethyl adjacent to an activating group) is 1. The Morgan fingerprint density at radius 1 is 1.24 bits per heavy atom. The van der Waals surface area contributed by atoms with Crippen molar-refractivity contribution in [2.24, 2.45) is 0 Å². The van der Waals surface area contributed by atoms with E-state index < -0.39 is 0 Å². The average Bonchev–Trinajstić information content (AvgIpc) is 3.03. The fourth-order valence-corrected chi connectivity index (χ4v) is 3.75. The monoisotopic (exact) mass is 416 g/mol. The number of fused-ring (bicyclic) bond motifs is 1. The highest BCUT2D eigenvalue weighted by molar-refractivity contribution is 9.10. The number of benzene rings is 2. The zero-order valence-corrected chi connectivity index (χ0v) is 16.6. The number of hydrogen-bond donors (Lipinski definition) is 0. The second-order valence-corrected chi connectivity index (χ2v) is 7.67. The summed E-state index contributed by atoms with van der Waals surface area (Å²) in [6, 6.07) is 14.5. The van der Waals surface area contributed by atoms with Crippen LogP contribution in [-0.4, -0.2) is 36.0 Å². The molecular formula is C20H21BrN2OS. The fraction of sp³-hybridized carbons (Fsp3) is 0.250. The molecule has 0 N–H and O–H groups in total. The lowest BCUT2D eigenvalue weighted by Crippen LogP contribution is -2.21. The highest BCUT2D eigenvalue weighted by Crippen LogP contribution is 2.33. The summed E-state index contributed by atoms with van der Waals surface area (Å²) in [4.78, 5) is 2.23. The average molecular weight is 417 g/mol. The Kier molecular flexibility index (Phi) is 6.24. The van der Waals surface area contributed by atoms with E-state index in [1.54, 1.807) is 0 Å². The molecule has 0 amide bonds. The van der Waals surface area contributed by atoms with E-state index >= 15 is 0 Å². The van der Waals surface area contributed by atoms with E-state index in [0.717, 1.165) is 45.7 Å². The minimum absolute atomic E-state index is 0.714. The van der Waals surface area contributed by atoms with Crippen molar-refractivity contribution in [1.82, 2.24) is 9.27 Å². The lowest BCUT2D eigenvalue weighted by molar-refractivity contribution is 0.273. The van der Waals surface area contributed by atoms with Gasteiger partial charge in [0.25, 0.3) is 0 Å². The van der Waals surface area contributed by atoms with Crippen LogP contribution < -0.4 is 4.74 Å². The normalized spacial score (nSPS) is 11.2. The summed E-state index contributed by atoms with van der Waals surface area (Å²) in [6.45, 7) is 6.38. The first-order valence-electron chi connectivity index (χ1n) is 8.25. The minimum atomic E-state index is 0.714. The highest BCUT2D eigenvalue weighted by Gasteiger charge is 2.09. The largest absolute Gasteiger partial charge is 0.493 e. The van der Waals surface area contributed by atoms with Gasteiger partial charge in [-0.1, -0.05) is 34.1 Å². The van der Waals surface area contributed by atoms with Crippen LogP contribution >= 0.6 is 27.5 Å². The van der Waals surface area contributed by atoms with Crippen LogP contribution in [0.25, 0.3) is 21.3 Å². The van der Waals surface area contributed by atoms with Crippen molar-refractivity contribution in [3.05, 3.63) is 59.6 Å². The first-order chi connectivity index (χ1) is 12.2. The van der Waals surface area contributed by atoms with Gasteiger partial charge in [-0.15, -0.1) is 6.58 Å². The summed E-state index contributed by atoms with van der Waals surface area (Å²) in [5.41, 5.74) is 2.17. The number of halogens is 1. The molecule has 0 bridgehead atoms. The smallest absolute Gasteiger partial charge is 0.120 e. The molecule has 1 aromatic heterocycles. The van der Waals surface area contributed by atoms with E-state index in [1.165, 1.54) is 16.9 Å². The van der Waals surface area contributed by atoms with Crippen molar-refractivity contribution >= 4 is 37.5 Å². The number of ether oxygens (including phenoxy) is 1. The van der Waals surface area contributed by atoms with E-state index in [2.05, 4.69) is 63.1 Å². The van der Waals surface area contributed by atoms with Crippen LogP contribution in [0, 0.1) is 0 Å². The zero-order chi connectivity index (χ0) is 17.6. The van der Waals surface area contributed by atoms with Crippen LogP contribution in [0.4, 0.5) is 0 Å². The van der Waals surface area contributed by atoms with Gasteiger partial charge < -0.3 is 9.64 Å². The molecule has 1 heterocycles. The third kappa shape index (κ3) is 4.69. The van der Waals surface area contributed by atoms with Gasteiger partial charge in [-0.2, -0.15) is 4.37 Å². The molecule has 0 fully saturated rings. The van der Waals surface area contributed by atoms with Crippen molar-refractivity contribution < 1.29 is 4.74 Å². The number of rotatable bonds is 8. The first kappa shape index (κ1) is 18.1. The summed E-state index contributed by atoms with van der Waals surface area (Å²) in [6.07, 6.45) is 2.91. The van der Waals surface area contributed by atoms with E-state index in [1.807, 2.05) is 24.3 Å².